The molecule has 0 amide bonds. The van der Waals surface area contributed by atoms with Crippen LogP contribution >= 0.6 is 0 Å². The zero-order valence-corrected chi connectivity index (χ0v) is 7.42. The first-order chi connectivity index (χ1) is 6.09. The molecular weight excluding hydrogens is 169 g/mol. The Hall–Kier alpha value is -1.58. The molecule has 0 spiro atoms. The number of hydrogen-bond donors (Lipinski definition) is 2. The molecule has 0 radical (unpaired) electrons. The summed E-state index contributed by atoms with van der Waals surface area (Å²) in [5.74, 6) is -0.218. The quantitative estimate of drug-likeness (QED) is 0.526. The summed E-state index contributed by atoms with van der Waals surface area (Å²) in [6.45, 7) is 2.03. The van der Waals surface area contributed by atoms with Gasteiger partial charge >= 0.3 is 0 Å². The lowest BCUT2D eigenvalue weighted by Gasteiger charge is -1.99. The highest BCUT2D eigenvalue weighted by atomic mass is 19.1. The van der Waals surface area contributed by atoms with Gasteiger partial charge in [-0.25, -0.2) is 9.38 Å². The molecule has 4 heteroatoms. The van der Waals surface area contributed by atoms with Crippen molar-refractivity contribution in [2.24, 2.45) is 16.5 Å². The molecule has 3 nitrogen and oxygen atoms in total. The summed E-state index contributed by atoms with van der Waals surface area (Å²) in [6, 6.07) is 4.93. The van der Waals surface area contributed by atoms with Crippen molar-refractivity contribution < 1.29 is 4.39 Å². The Balaban J connectivity index is 2.80. The van der Waals surface area contributed by atoms with Crippen molar-refractivity contribution in [2.45, 2.75) is 13.5 Å². The Bertz CT molecular complexity index is 330. The van der Waals surface area contributed by atoms with Gasteiger partial charge in [0.1, 0.15) is 5.82 Å². The second-order valence-corrected chi connectivity index (χ2v) is 2.82. The van der Waals surface area contributed by atoms with Crippen LogP contribution < -0.4 is 11.5 Å². The molecule has 0 heterocycles. The summed E-state index contributed by atoms with van der Waals surface area (Å²) in [5.41, 5.74) is 11.7. The molecule has 1 aromatic carbocycles. The molecule has 0 aliphatic carbocycles. The highest BCUT2D eigenvalue weighted by Gasteiger charge is 1.98. The number of hydrogen-bond acceptors (Lipinski definition) is 1. The third kappa shape index (κ3) is 2.74. The molecule has 0 bridgehead atoms. The highest BCUT2D eigenvalue weighted by molar-refractivity contribution is 5.75. The lowest BCUT2D eigenvalue weighted by molar-refractivity contribution is 0.616. The Labute approximate surface area is 76.3 Å². The molecule has 13 heavy (non-hydrogen) atoms. The van der Waals surface area contributed by atoms with Crippen LogP contribution in [-0.2, 0) is 6.54 Å². The zero-order valence-electron chi connectivity index (χ0n) is 7.42. The molecule has 70 valence electrons. The summed E-state index contributed by atoms with van der Waals surface area (Å²) in [4.78, 5) is 3.77. The van der Waals surface area contributed by atoms with Gasteiger partial charge in [-0.05, 0) is 24.1 Å². The van der Waals surface area contributed by atoms with Crippen molar-refractivity contribution in [1.29, 1.82) is 0 Å². The van der Waals surface area contributed by atoms with E-state index in [9.17, 15) is 4.39 Å². The van der Waals surface area contributed by atoms with Gasteiger partial charge in [0.05, 0.1) is 6.54 Å². The number of rotatable bonds is 2. The van der Waals surface area contributed by atoms with Crippen LogP contribution in [0.2, 0.25) is 0 Å². The molecule has 0 saturated heterocycles. The SMILES string of the molecule is Cc1ccc(CN=C(N)N)cc1F. The molecular formula is C9H12FN3. The van der Waals surface area contributed by atoms with Crippen molar-refractivity contribution in [3.8, 4) is 0 Å². The Morgan fingerprint density at radius 1 is 1.46 bits per heavy atom. The minimum atomic E-state index is -0.233. The van der Waals surface area contributed by atoms with Gasteiger partial charge in [0, 0.05) is 0 Å². The second-order valence-electron chi connectivity index (χ2n) is 2.82. The second kappa shape index (κ2) is 3.89. The van der Waals surface area contributed by atoms with Crippen LogP contribution in [-0.4, -0.2) is 5.96 Å². The largest absolute Gasteiger partial charge is 0.370 e. The Morgan fingerprint density at radius 3 is 2.69 bits per heavy atom. The summed E-state index contributed by atoms with van der Waals surface area (Å²) in [6.07, 6.45) is 0. The van der Waals surface area contributed by atoms with Crippen LogP contribution in [0.1, 0.15) is 11.1 Å². The number of halogens is 1. The van der Waals surface area contributed by atoms with Gasteiger partial charge in [0.25, 0.3) is 0 Å². The highest BCUT2D eigenvalue weighted by Crippen LogP contribution is 2.09. The van der Waals surface area contributed by atoms with Gasteiger partial charge in [0.2, 0.25) is 0 Å². The lowest BCUT2D eigenvalue weighted by atomic mass is 10.1. The molecule has 4 N–H and O–H groups in total. The van der Waals surface area contributed by atoms with Gasteiger partial charge < -0.3 is 11.5 Å². The maximum atomic E-state index is 13.0. The molecule has 0 fully saturated rings. The summed E-state index contributed by atoms with van der Waals surface area (Å²) < 4.78 is 13.0. The van der Waals surface area contributed by atoms with Crippen LogP contribution in [0.3, 0.4) is 0 Å². The first kappa shape index (κ1) is 9.51. The van der Waals surface area contributed by atoms with E-state index in [4.69, 9.17) is 11.5 Å². The van der Waals surface area contributed by atoms with Gasteiger partial charge in [0.15, 0.2) is 5.96 Å². The van der Waals surface area contributed by atoms with E-state index >= 15 is 0 Å². The van der Waals surface area contributed by atoms with E-state index in [2.05, 4.69) is 4.99 Å². The lowest BCUT2D eigenvalue weighted by Crippen LogP contribution is -2.22. The number of benzene rings is 1. The molecule has 1 rings (SSSR count). The van der Waals surface area contributed by atoms with E-state index in [1.54, 1.807) is 19.1 Å². The number of guanidine groups is 1. The molecule has 0 unspecified atom stereocenters. The fraction of sp³-hybridized carbons (Fsp3) is 0.222. The van der Waals surface area contributed by atoms with E-state index < -0.39 is 0 Å². The number of nitrogens with two attached hydrogens (primary N) is 2. The minimum Gasteiger partial charge on any atom is -0.370 e. The fourth-order valence-corrected chi connectivity index (χ4v) is 0.917. The van der Waals surface area contributed by atoms with Crippen LogP contribution in [0.5, 0.6) is 0 Å². The molecule has 0 aliphatic rings. The molecule has 1 aromatic rings. The van der Waals surface area contributed by atoms with Gasteiger partial charge in [-0.2, -0.15) is 0 Å². The van der Waals surface area contributed by atoms with Crippen molar-refractivity contribution >= 4 is 5.96 Å². The molecule has 0 saturated carbocycles. The topological polar surface area (TPSA) is 64.4 Å². The maximum absolute atomic E-state index is 13.0. The molecule has 0 aliphatic heterocycles. The molecule has 0 atom stereocenters. The van der Waals surface area contributed by atoms with E-state index in [1.807, 2.05) is 0 Å². The van der Waals surface area contributed by atoms with Crippen molar-refractivity contribution in [3.05, 3.63) is 35.1 Å². The van der Waals surface area contributed by atoms with Crippen molar-refractivity contribution in [1.82, 2.24) is 0 Å². The first-order valence-electron chi connectivity index (χ1n) is 3.90. The van der Waals surface area contributed by atoms with E-state index in [-0.39, 0.29) is 11.8 Å². The van der Waals surface area contributed by atoms with Crippen LogP contribution in [0, 0.1) is 12.7 Å². The van der Waals surface area contributed by atoms with E-state index in [0.717, 1.165) is 5.56 Å². The van der Waals surface area contributed by atoms with Crippen LogP contribution in [0.4, 0.5) is 4.39 Å². The van der Waals surface area contributed by atoms with Crippen molar-refractivity contribution in [2.75, 3.05) is 0 Å². The summed E-state index contributed by atoms with van der Waals surface area (Å²) >= 11 is 0. The van der Waals surface area contributed by atoms with Gasteiger partial charge in [-0.15, -0.1) is 0 Å². The number of aryl methyl sites for hydroxylation is 1. The van der Waals surface area contributed by atoms with Gasteiger partial charge in [-0.3, -0.25) is 0 Å². The first-order valence-corrected chi connectivity index (χ1v) is 3.90. The Morgan fingerprint density at radius 2 is 2.15 bits per heavy atom. The van der Waals surface area contributed by atoms with E-state index in [1.165, 1.54) is 6.07 Å². The fourth-order valence-electron chi connectivity index (χ4n) is 0.917. The Kier molecular flexibility index (Phi) is 2.84. The summed E-state index contributed by atoms with van der Waals surface area (Å²) in [5, 5.41) is 0. The van der Waals surface area contributed by atoms with E-state index in [0.29, 0.717) is 12.1 Å². The summed E-state index contributed by atoms with van der Waals surface area (Å²) in [7, 11) is 0. The molecule has 0 aromatic heterocycles. The average molecular weight is 181 g/mol. The van der Waals surface area contributed by atoms with Crippen LogP contribution in [0.15, 0.2) is 23.2 Å². The average Bonchev–Trinajstić information content (AvgIpc) is 2.07. The normalized spacial score (nSPS) is 9.69. The smallest absolute Gasteiger partial charge is 0.186 e. The number of aliphatic imine (C=N–C) groups is 1. The predicted molar refractivity (Wildman–Crippen MR) is 50.7 cm³/mol. The predicted octanol–water partition coefficient (Wildman–Crippen LogP) is 0.908. The standard InChI is InChI=1S/C9H12FN3/c1-6-2-3-7(4-8(6)10)5-13-9(11)12/h2-4H,5H2,1H3,(H4,11,12,13). The zero-order chi connectivity index (χ0) is 9.84. The van der Waals surface area contributed by atoms with Crippen molar-refractivity contribution in [3.63, 3.8) is 0 Å². The van der Waals surface area contributed by atoms with Crippen LogP contribution in [0.25, 0.3) is 0 Å². The maximum Gasteiger partial charge on any atom is 0.186 e. The monoisotopic (exact) mass is 181 g/mol. The third-order valence-electron chi connectivity index (χ3n) is 1.68. The number of nitrogens with zero attached hydrogens (tertiary/aromatic N) is 1. The minimum absolute atomic E-state index is 0.0148. The van der Waals surface area contributed by atoms with Gasteiger partial charge in [-0.1, -0.05) is 12.1 Å². The third-order valence-corrected chi connectivity index (χ3v) is 1.68.